The van der Waals surface area contributed by atoms with Crippen molar-refractivity contribution in [1.29, 1.82) is 0 Å². The summed E-state index contributed by atoms with van der Waals surface area (Å²) in [4.78, 5) is 14.0. The van der Waals surface area contributed by atoms with E-state index < -0.39 is 46.6 Å². The highest BCUT2D eigenvalue weighted by molar-refractivity contribution is 7.97. The molecule has 0 radical (unpaired) electrons. The molecule has 186 valence electrons. The van der Waals surface area contributed by atoms with E-state index in [1.807, 2.05) is 0 Å². The van der Waals surface area contributed by atoms with E-state index in [1.54, 1.807) is 60.7 Å². The first kappa shape index (κ1) is 26.5. The molecule has 3 rings (SSSR count). The third-order valence-electron chi connectivity index (χ3n) is 4.81. The zero-order valence-corrected chi connectivity index (χ0v) is 18.0. The maximum atomic E-state index is 13.1. The monoisotopic (exact) mass is 525 g/mol. The Morgan fingerprint density at radius 1 is 0.543 bits per heavy atom. The van der Waals surface area contributed by atoms with Gasteiger partial charge in [0.15, 0.2) is 14.7 Å². The Morgan fingerprint density at radius 2 is 0.886 bits per heavy atom. The Balaban J connectivity index is 1.99. The molecule has 0 saturated carbocycles. The number of hydrogen-bond donors (Lipinski definition) is 0. The molecule has 0 unspecified atom stereocenters. The zero-order valence-electron chi connectivity index (χ0n) is 17.2. The average Bonchev–Trinajstić information content (AvgIpc) is 2.74. The van der Waals surface area contributed by atoms with Crippen LogP contribution in [-0.2, 0) is 15.7 Å². The molecule has 0 aliphatic heterocycles. The first-order valence-electron chi connectivity index (χ1n) is 9.57. The Morgan fingerprint density at radius 3 is 1.23 bits per heavy atom. The predicted octanol–water partition coefficient (Wildman–Crippen LogP) is 7.36. The van der Waals surface area contributed by atoms with Gasteiger partial charge in [-0.05, 0) is 48.5 Å². The Hall–Kier alpha value is -3.15. The van der Waals surface area contributed by atoms with Gasteiger partial charge in [-0.15, -0.1) is 0 Å². The van der Waals surface area contributed by atoms with Crippen LogP contribution in [0.3, 0.4) is 0 Å². The van der Waals surface area contributed by atoms with E-state index in [2.05, 4.69) is 4.74 Å². The molecule has 0 saturated heterocycles. The molecule has 0 aromatic heterocycles. The van der Waals surface area contributed by atoms with Gasteiger partial charge in [0.05, 0.1) is 10.9 Å². The minimum Gasteiger partial charge on any atom is -0.425 e. The van der Waals surface area contributed by atoms with Crippen molar-refractivity contribution in [2.75, 3.05) is 0 Å². The summed E-state index contributed by atoms with van der Waals surface area (Å²) >= 11 is 0. The van der Waals surface area contributed by atoms with E-state index in [1.165, 1.54) is 12.1 Å². The fourth-order valence-corrected chi connectivity index (χ4v) is 5.26. The van der Waals surface area contributed by atoms with Crippen LogP contribution in [0.4, 0.5) is 39.5 Å². The van der Waals surface area contributed by atoms with E-state index >= 15 is 0 Å². The first-order chi connectivity index (χ1) is 16.2. The lowest BCUT2D eigenvalue weighted by atomic mass is 9.85. The van der Waals surface area contributed by atoms with Crippen molar-refractivity contribution in [1.82, 2.24) is 0 Å². The molecule has 2 nitrogen and oxygen atoms in total. The minimum absolute atomic E-state index is 0.524. The summed E-state index contributed by atoms with van der Waals surface area (Å²) in [6.07, 6.45) is -21.1. The van der Waals surface area contributed by atoms with Crippen LogP contribution >= 0.6 is 0 Å². The van der Waals surface area contributed by atoms with Crippen molar-refractivity contribution >= 4 is 16.9 Å². The summed E-state index contributed by atoms with van der Waals surface area (Å²) in [5.41, 5.74) is -6.70. The van der Waals surface area contributed by atoms with Crippen molar-refractivity contribution < 1.29 is 49.0 Å². The van der Waals surface area contributed by atoms with E-state index in [9.17, 15) is 44.3 Å². The lowest BCUT2D eigenvalue weighted by Crippen LogP contribution is -2.65. The minimum atomic E-state index is -7.05. The van der Waals surface area contributed by atoms with E-state index in [0.717, 1.165) is 21.9 Å². The molecule has 0 bridgehead atoms. The number of carbonyl (C=O) groups excluding carboxylic acids is 1. The van der Waals surface area contributed by atoms with Crippen LogP contribution in [-0.4, -0.2) is 24.5 Å². The Kier molecular flexibility index (Phi) is 7.16. The van der Waals surface area contributed by atoms with Crippen LogP contribution in [0, 0.1) is 5.41 Å². The van der Waals surface area contributed by atoms with Gasteiger partial charge >= 0.3 is 29.9 Å². The van der Waals surface area contributed by atoms with Crippen LogP contribution < -0.4 is 4.74 Å². The standard InChI is InChI=1S/C23H14F9O2S/c24-21(25,26)20(22(27,28)29,23(30,31)32)19(33)34-15-11-13-18(14-12-15)35(16-7-3-1-4-8-16)17-9-5-2-6-10-17/h1-14H/q+1. The SMILES string of the molecule is O=C(Oc1ccc([S+](c2ccccc2)c2ccccc2)cc1)C(C(F)(F)F)(C(F)(F)F)C(F)(F)F. The molecule has 35 heavy (non-hydrogen) atoms. The second-order valence-electron chi connectivity index (χ2n) is 7.04. The summed E-state index contributed by atoms with van der Waals surface area (Å²) in [5, 5.41) is 0. The molecule has 0 heterocycles. The zero-order chi connectivity index (χ0) is 26.1. The van der Waals surface area contributed by atoms with Gasteiger partial charge in [0, 0.05) is 0 Å². The molecule has 0 atom stereocenters. The van der Waals surface area contributed by atoms with Crippen LogP contribution in [0.15, 0.2) is 99.6 Å². The van der Waals surface area contributed by atoms with Crippen molar-refractivity contribution in [3.8, 4) is 5.75 Å². The van der Waals surface area contributed by atoms with Crippen molar-refractivity contribution in [2.24, 2.45) is 5.41 Å². The van der Waals surface area contributed by atoms with Gasteiger partial charge < -0.3 is 4.74 Å². The summed E-state index contributed by atoms with van der Waals surface area (Å²) in [7, 11) is -0.775. The van der Waals surface area contributed by atoms with Gasteiger partial charge in [-0.3, -0.25) is 0 Å². The molecule has 0 spiro atoms. The van der Waals surface area contributed by atoms with Gasteiger partial charge in [0.25, 0.3) is 0 Å². The maximum Gasteiger partial charge on any atom is 0.423 e. The normalized spacial score (nSPS) is 13.1. The smallest absolute Gasteiger partial charge is 0.423 e. The third-order valence-corrected chi connectivity index (χ3v) is 7.04. The number of rotatable bonds is 5. The molecule has 0 N–H and O–H groups in total. The van der Waals surface area contributed by atoms with E-state index in [-0.39, 0.29) is 0 Å². The lowest BCUT2D eigenvalue weighted by molar-refractivity contribution is -0.410. The van der Waals surface area contributed by atoms with Crippen LogP contribution in [0.25, 0.3) is 0 Å². The van der Waals surface area contributed by atoms with Crippen LogP contribution in [0.1, 0.15) is 0 Å². The third kappa shape index (κ3) is 4.97. The molecule has 0 aliphatic rings. The van der Waals surface area contributed by atoms with Gasteiger partial charge in [-0.1, -0.05) is 36.4 Å². The molecule has 0 amide bonds. The molecular weight excluding hydrogens is 511 g/mol. The van der Waals surface area contributed by atoms with Crippen LogP contribution in [0.5, 0.6) is 5.75 Å². The number of ether oxygens (including phenoxy) is 1. The number of esters is 1. The lowest BCUT2D eigenvalue weighted by Gasteiger charge is -2.35. The highest BCUT2D eigenvalue weighted by Crippen LogP contribution is 2.60. The molecule has 0 fully saturated rings. The first-order valence-corrected chi connectivity index (χ1v) is 10.8. The average molecular weight is 525 g/mol. The largest absolute Gasteiger partial charge is 0.425 e. The number of halogens is 9. The number of carbonyl (C=O) groups is 1. The van der Waals surface area contributed by atoms with Crippen molar-refractivity contribution in [2.45, 2.75) is 33.2 Å². The number of benzene rings is 3. The topological polar surface area (TPSA) is 26.3 Å². The Labute approximate surface area is 195 Å². The maximum absolute atomic E-state index is 13.1. The summed E-state index contributed by atoms with van der Waals surface area (Å²) < 4.78 is 122. The molecule has 3 aromatic carbocycles. The number of alkyl halides is 9. The highest BCUT2D eigenvalue weighted by Gasteiger charge is 2.89. The van der Waals surface area contributed by atoms with Crippen molar-refractivity contribution in [3.05, 3.63) is 84.9 Å². The second kappa shape index (κ2) is 9.48. The predicted molar refractivity (Wildman–Crippen MR) is 108 cm³/mol. The van der Waals surface area contributed by atoms with Gasteiger partial charge in [-0.2, -0.15) is 39.5 Å². The Bertz CT molecular complexity index is 1060. The summed E-state index contributed by atoms with van der Waals surface area (Å²) in [5.74, 6) is -4.45. The van der Waals surface area contributed by atoms with Gasteiger partial charge in [0.1, 0.15) is 5.75 Å². The van der Waals surface area contributed by atoms with Crippen molar-refractivity contribution in [3.63, 3.8) is 0 Å². The second-order valence-corrected chi connectivity index (χ2v) is 9.06. The molecular formula is C23H14F9O2S+. The van der Waals surface area contributed by atoms with E-state index in [4.69, 9.17) is 0 Å². The fraction of sp³-hybridized carbons (Fsp3) is 0.174. The highest BCUT2D eigenvalue weighted by atomic mass is 32.2. The summed E-state index contributed by atoms with van der Waals surface area (Å²) in [6.45, 7) is 0. The number of hydrogen-bond acceptors (Lipinski definition) is 2. The summed E-state index contributed by atoms with van der Waals surface area (Å²) in [6, 6.07) is 22.0. The molecule has 12 heteroatoms. The molecule has 0 aliphatic carbocycles. The van der Waals surface area contributed by atoms with Gasteiger partial charge in [0.2, 0.25) is 0 Å². The van der Waals surface area contributed by atoms with Crippen LogP contribution in [0.2, 0.25) is 0 Å². The molecule has 3 aromatic rings. The van der Waals surface area contributed by atoms with E-state index in [0.29, 0.717) is 4.90 Å². The quantitative estimate of drug-likeness (QED) is 0.151. The van der Waals surface area contributed by atoms with Gasteiger partial charge in [-0.25, -0.2) is 4.79 Å². The fourth-order valence-electron chi connectivity index (χ4n) is 3.18.